The van der Waals surface area contributed by atoms with Gasteiger partial charge in [-0.05, 0) is 36.4 Å². The van der Waals surface area contributed by atoms with Crippen LogP contribution in [0.3, 0.4) is 0 Å². The van der Waals surface area contributed by atoms with Crippen LogP contribution in [0.4, 0.5) is 0 Å². The molecule has 0 amide bonds. The van der Waals surface area contributed by atoms with Gasteiger partial charge in [-0.15, -0.1) is 0 Å². The smallest absolute Gasteiger partial charge is 0.148 e. The number of para-hydroxylation sites is 2. The molecule has 0 saturated carbocycles. The largest absolute Gasteiger partial charge is 0.497 e. The number of halogens is 1. The molecule has 4 nitrogen and oxygen atoms in total. The van der Waals surface area contributed by atoms with E-state index >= 15 is 0 Å². The van der Waals surface area contributed by atoms with Gasteiger partial charge in [-0.3, -0.25) is 0 Å². The molecular formula is C18H17BrN2O2. The monoisotopic (exact) mass is 372 g/mol. The van der Waals surface area contributed by atoms with Gasteiger partial charge in [0.15, 0.2) is 0 Å². The molecule has 0 radical (unpaired) electrons. The lowest BCUT2D eigenvalue weighted by atomic mass is 10.3. The van der Waals surface area contributed by atoms with Gasteiger partial charge in [-0.2, -0.15) is 0 Å². The molecule has 0 atom stereocenters. The van der Waals surface area contributed by atoms with E-state index in [0.717, 1.165) is 32.8 Å². The third kappa shape index (κ3) is 3.56. The molecule has 0 aliphatic rings. The van der Waals surface area contributed by atoms with Crippen LogP contribution in [-0.2, 0) is 13.2 Å². The maximum Gasteiger partial charge on any atom is 0.148 e. The molecule has 1 heterocycles. The summed E-state index contributed by atoms with van der Waals surface area (Å²) >= 11 is 3.43. The number of fused-ring (bicyclic) bond motifs is 1. The predicted octanol–water partition coefficient (Wildman–Crippen LogP) is 4.53. The van der Waals surface area contributed by atoms with E-state index in [2.05, 4.69) is 38.1 Å². The number of hydrogen-bond donors (Lipinski definition) is 0. The van der Waals surface area contributed by atoms with Crippen molar-refractivity contribution >= 4 is 27.0 Å². The topological polar surface area (TPSA) is 36.3 Å². The molecular weight excluding hydrogens is 356 g/mol. The number of allylic oxidation sites excluding steroid dienone is 1. The van der Waals surface area contributed by atoms with E-state index < -0.39 is 0 Å². The SMILES string of the molecule is C=C(Br)Cn1c(COc2ccc(OC)cc2)nc2ccccc21. The maximum atomic E-state index is 5.86. The first-order valence-corrected chi connectivity index (χ1v) is 8.01. The molecule has 0 saturated heterocycles. The van der Waals surface area contributed by atoms with Gasteiger partial charge in [0.2, 0.25) is 0 Å². The summed E-state index contributed by atoms with van der Waals surface area (Å²) in [6.07, 6.45) is 0. The predicted molar refractivity (Wildman–Crippen MR) is 95.1 cm³/mol. The Bertz CT molecular complexity index is 825. The molecule has 0 fully saturated rings. The molecule has 0 aliphatic carbocycles. The van der Waals surface area contributed by atoms with Crippen molar-refractivity contribution < 1.29 is 9.47 Å². The standard InChI is InChI=1S/C18H17BrN2O2/c1-13(19)11-21-17-6-4-3-5-16(17)20-18(21)12-23-15-9-7-14(22-2)8-10-15/h3-10H,1,11-12H2,2H3. The first kappa shape index (κ1) is 15.6. The van der Waals surface area contributed by atoms with Gasteiger partial charge in [0.25, 0.3) is 0 Å². The summed E-state index contributed by atoms with van der Waals surface area (Å²) in [5.41, 5.74) is 2.02. The van der Waals surface area contributed by atoms with Crippen LogP contribution >= 0.6 is 15.9 Å². The summed E-state index contributed by atoms with van der Waals surface area (Å²) in [5, 5.41) is 0. The molecule has 3 rings (SSSR count). The minimum Gasteiger partial charge on any atom is -0.497 e. The number of methoxy groups -OCH3 is 1. The number of rotatable bonds is 6. The van der Waals surface area contributed by atoms with Crippen molar-refractivity contribution in [2.45, 2.75) is 13.2 Å². The Balaban J connectivity index is 1.84. The Morgan fingerprint density at radius 3 is 2.52 bits per heavy atom. The Hall–Kier alpha value is -2.27. The summed E-state index contributed by atoms with van der Waals surface area (Å²) in [6.45, 7) is 4.97. The highest BCUT2D eigenvalue weighted by Gasteiger charge is 2.11. The van der Waals surface area contributed by atoms with Crippen LogP contribution in [0.5, 0.6) is 11.5 Å². The molecule has 0 bridgehead atoms. The van der Waals surface area contributed by atoms with Crippen LogP contribution in [0.1, 0.15) is 5.82 Å². The zero-order valence-electron chi connectivity index (χ0n) is 12.8. The van der Waals surface area contributed by atoms with Gasteiger partial charge in [0.1, 0.15) is 23.9 Å². The van der Waals surface area contributed by atoms with E-state index in [1.165, 1.54) is 0 Å². The lowest BCUT2D eigenvalue weighted by molar-refractivity contribution is 0.291. The molecule has 0 aliphatic heterocycles. The Morgan fingerprint density at radius 2 is 1.83 bits per heavy atom. The van der Waals surface area contributed by atoms with Gasteiger partial charge in [0, 0.05) is 4.48 Å². The summed E-state index contributed by atoms with van der Waals surface area (Å²) in [4.78, 5) is 4.67. The van der Waals surface area contributed by atoms with E-state index in [0.29, 0.717) is 13.2 Å². The van der Waals surface area contributed by atoms with Crippen LogP contribution in [0, 0.1) is 0 Å². The molecule has 3 aromatic rings. The van der Waals surface area contributed by atoms with E-state index in [1.807, 2.05) is 42.5 Å². The van der Waals surface area contributed by atoms with Crippen molar-refractivity contribution in [3.63, 3.8) is 0 Å². The molecule has 0 unspecified atom stereocenters. The van der Waals surface area contributed by atoms with Crippen LogP contribution in [0.2, 0.25) is 0 Å². The van der Waals surface area contributed by atoms with Gasteiger partial charge >= 0.3 is 0 Å². The van der Waals surface area contributed by atoms with Gasteiger partial charge < -0.3 is 14.0 Å². The van der Waals surface area contributed by atoms with Crippen LogP contribution < -0.4 is 9.47 Å². The van der Waals surface area contributed by atoms with E-state index in [1.54, 1.807) is 7.11 Å². The Morgan fingerprint density at radius 1 is 1.13 bits per heavy atom. The zero-order chi connectivity index (χ0) is 16.2. The number of aromatic nitrogens is 2. The second-order valence-electron chi connectivity index (χ2n) is 5.08. The highest BCUT2D eigenvalue weighted by Crippen LogP contribution is 2.22. The first-order chi connectivity index (χ1) is 11.2. The molecule has 0 spiro atoms. The number of benzene rings is 2. The Labute approximate surface area is 143 Å². The molecule has 0 N–H and O–H groups in total. The van der Waals surface area contributed by atoms with E-state index in [-0.39, 0.29) is 0 Å². The van der Waals surface area contributed by atoms with Crippen molar-refractivity contribution in [1.82, 2.24) is 9.55 Å². The minimum absolute atomic E-state index is 0.390. The molecule has 5 heteroatoms. The van der Waals surface area contributed by atoms with Crippen molar-refractivity contribution in [3.05, 3.63) is 65.4 Å². The van der Waals surface area contributed by atoms with Gasteiger partial charge in [-0.1, -0.05) is 34.6 Å². The lowest BCUT2D eigenvalue weighted by Crippen LogP contribution is -2.07. The van der Waals surface area contributed by atoms with Crippen LogP contribution in [-0.4, -0.2) is 16.7 Å². The van der Waals surface area contributed by atoms with E-state index in [9.17, 15) is 0 Å². The number of ether oxygens (including phenoxy) is 2. The van der Waals surface area contributed by atoms with Crippen LogP contribution in [0.25, 0.3) is 11.0 Å². The molecule has 118 valence electrons. The highest BCUT2D eigenvalue weighted by atomic mass is 79.9. The molecule has 1 aromatic heterocycles. The summed E-state index contributed by atoms with van der Waals surface area (Å²) < 4.78 is 14.0. The Kier molecular flexibility index (Phi) is 4.67. The van der Waals surface area contributed by atoms with Crippen molar-refractivity contribution in [2.24, 2.45) is 0 Å². The fourth-order valence-corrected chi connectivity index (χ4v) is 2.65. The van der Waals surface area contributed by atoms with Crippen molar-refractivity contribution in [2.75, 3.05) is 7.11 Å². The zero-order valence-corrected chi connectivity index (χ0v) is 14.4. The summed E-state index contributed by atoms with van der Waals surface area (Å²) in [7, 11) is 1.64. The average molecular weight is 373 g/mol. The quantitative estimate of drug-likeness (QED) is 0.637. The normalized spacial score (nSPS) is 10.7. The van der Waals surface area contributed by atoms with Crippen molar-refractivity contribution in [1.29, 1.82) is 0 Å². The fourth-order valence-electron chi connectivity index (χ4n) is 2.40. The van der Waals surface area contributed by atoms with E-state index in [4.69, 9.17) is 9.47 Å². The third-order valence-electron chi connectivity index (χ3n) is 3.49. The van der Waals surface area contributed by atoms with Crippen LogP contribution in [0.15, 0.2) is 59.6 Å². The fraction of sp³-hybridized carbons (Fsp3) is 0.167. The maximum absolute atomic E-state index is 5.86. The van der Waals surface area contributed by atoms with Gasteiger partial charge in [0.05, 0.1) is 24.7 Å². The summed E-state index contributed by atoms with van der Waals surface area (Å²) in [6, 6.07) is 15.6. The number of imidazole rings is 1. The molecule has 2 aromatic carbocycles. The van der Waals surface area contributed by atoms with Gasteiger partial charge in [-0.25, -0.2) is 4.98 Å². The highest BCUT2D eigenvalue weighted by molar-refractivity contribution is 9.11. The van der Waals surface area contributed by atoms with Crippen molar-refractivity contribution in [3.8, 4) is 11.5 Å². The second-order valence-corrected chi connectivity index (χ2v) is 6.21. The second kappa shape index (κ2) is 6.87. The number of nitrogens with zero attached hydrogens (tertiary/aromatic N) is 2. The molecule has 23 heavy (non-hydrogen) atoms. The third-order valence-corrected chi connectivity index (χ3v) is 3.74. The summed E-state index contributed by atoms with van der Waals surface area (Å²) in [5.74, 6) is 2.45. The minimum atomic E-state index is 0.390. The average Bonchev–Trinajstić information content (AvgIpc) is 2.91. The number of hydrogen-bond acceptors (Lipinski definition) is 3. The first-order valence-electron chi connectivity index (χ1n) is 7.21. The lowest BCUT2D eigenvalue weighted by Gasteiger charge is -2.10.